The van der Waals surface area contributed by atoms with Gasteiger partial charge in [0, 0.05) is 31.6 Å². The molecule has 0 radical (unpaired) electrons. The highest BCUT2D eigenvalue weighted by atomic mass is 32.2. The highest BCUT2D eigenvalue weighted by Gasteiger charge is 2.33. The summed E-state index contributed by atoms with van der Waals surface area (Å²) in [6.07, 6.45) is 0.620. The summed E-state index contributed by atoms with van der Waals surface area (Å²) >= 11 is 0. The zero-order chi connectivity index (χ0) is 18.8. The fraction of sp³-hybridized carbons (Fsp3) is 0.611. The lowest BCUT2D eigenvalue weighted by Crippen LogP contribution is -2.42. The van der Waals surface area contributed by atoms with Crippen molar-refractivity contribution in [3.05, 3.63) is 23.8 Å². The number of carbonyl (C=O) groups is 1. The van der Waals surface area contributed by atoms with Gasteiger partial charge in [-0.05, 0) is 31.0 Å². The fourth-order valence-corrected chi connectivity index (χ4v) is 4.65. The second-order valence-electron chi connectivity index (χ2n) is 7.45. The molecule has 0 aromatic heterocycles. The third kappa shape index (κ3) is 4.33. The van der Waals surface area contributed by atoms with Crippen molar-refractivity contribution in [3.63, 3.8) is 0 Å². The second kappa shape index (κ2) is 7.33. The summed E-state index contributed by atoms with van der Waals surface area (Å²) in [4.78, 5) is 14.4. The van der Waals surface area contributed by atoms with Gasteiger partial charge in [-0.15, -0.1) is 0 Å². The van der Waals surface area contributed by atoms with Crippen molar-refractivity contribution < 1.29 is 17.9 Å². The van der Waals surface area contributed by atoms with Gasteiger partial charge in [0.2, 0.25) is 15.9 Å². The SMILES string of the molecule is COc1ccc(C)cc1S(=O)(=O)N1CCCN(C(=O)C(C)(C)C)CC1. The molecule has 1 fully saturated rings. The van der Waals surface area contributed by atoms with Crippen LogP contribution in [-0.4, -0.2) is 56.8 Å². The van der Waals surface area contributed by atoms with E-state index >= 15 is 0 Å². The van der Waals surface area contributed by atoms with E-state index in [-0.39, 0.29) is 10.8 Å². The number of aryl methyl sites for hydroxylation is 1. The van der Waals surface area contributed by atoms with Gasteiger partial charge < -0.3 is 9.64 Å². The van der Waals surface area contributed by atoms with Crippen LogP contribution >= 0.6 is 0 Å². The van der Waals surface area contributed by atoms with E-state index < -0.39 is 15.4 Å². The smallest absolute Gasteiger partial charge is 0.246 e. The lowest BCUT2D eigenvalue weighted by Gasteiger charge is -2.28. The van der Waals surface area contributed by atoms with E-state index in [9.17, 15) is 13.2 Å². The normalized spacial score (nSPS) is 17.2. The number of hydrogen-bond acceptors (Lipinski definition) is 4. The van der Waals surface area contributed by atoms with Crippen LogP contribution in [0.15, 0.2) is 23.1 Å². The molecule has 1 aromatic carbocycles. The van der Waals surface area contributed by atoms with Crippen LogP contribution < -0.4 is 4.74 Å². The molecule has 0 N–H and O–H groups in total. The van der Waals surface area contributed by atoms with Gasteiger partial charge in [0.25, 0.3) is 0 Å². The van der Waals surface area contributed by atoms with E-state index in [1.165, 1.54) is 11.4 Å². The maximum Gasteiger partial charge on any atom is 0.246 e. The van der Waals surface area contributed by atoms with E-state index in [2.05, 4.69) is 0 Å². The van der Waals surface area contributed by atoms with Gasteiger partial charge in [-0.3, -0.25) is 4.79 Å². The Labute approximate surface area is 150 Å². The number of amides is 1. The maximum absolute atomic E-state index is 13.1. The van der Waals surface area contributed by atoms with Crippen molar-refractivity contribution in [2.45, 2.75) is 39.0 Å². The number of nitrogens with zero attached hydrogens (tertiary/aromatic N) is 2. The standard InChI is InChI=1S/C18H28N2O4S/c1-14-7-8-15(24-5)16(13-14)25(22,23)20-10-6-9-19(11-12-20)17(21)18(2,3)4/h7-8,13H,6,9-12H2,1-5H3. The summed E-state index contributed by atoms with van der Waals surface area (Å²) in [6.45, 7) is 9.17. The summed E-state index contributed by atoms with van der Waals surface area (Å²) in [6, 6.07) is 5.14. The largest absolute Gasteiger partial charge is 0.495 e. The Kier molecular flexibility index (Phi) is 5.79. The predicted octanol–water partition coefficient (Wildman–Crippen LogP) is 2.27. The van der Waals surface area contributed by atoms with Gasteiger partial charge in [0.05, 0.1) is 7.11 Å². The monoisotopic (exact) mass is 368 g/mol. The Morgan fingerprint density at radius 3 is 2.40 bits per heavy atom. The number of methoxy groups -OCH3 is 1. The molecule has 0 atom stereocenters. The lowest BCUT2D eigenvalue weighted by molar-refractivity contribution is -0.139. The number of ether oxygens (including phenoxy) is 1. The Balaban J connectivity index is 2.25. The molecule has 0 unspecified atom stereocenters. The van der Waals surface area contributed by atoms with Crippen molar-refractivity contribution in [1.82, 2.24) is 9.21 Å². The first-order chi connectivity index (χ1) is 11.6. The Bertz CT molecular complexity index is 738. The molecule has 1 heterocycles. The minimum Gasteiger partial charge on any atom is -0.495 e. The average molecular weight is 368 g/mol. The molecule has 1 saturated heterocycles. The number of sulfonamides is 1. The molecule has 0 aliphatic carbocycles. The molecule has 2 rings (SSSR count). The molecule has 1 amide bonds. The fourth-order valence-electron chi connectivity index (χ4n) is 2.94. The van der Waals surface area contributed by atoms with Crippen molar-refractivity contribution in [2.24, 2.45) is 5.41 Å². The van der Waals surface area contributed by atoms with Gasteiger partial charge >= 0.3 is 0 Å². The Hall–Kier alpha value is -1.60. The zero-order valence-electron chi connectivity index (χ0n) is 15.7. The maximum atomic E-state index is 13.1. The van der Waals surface area contributed by atoms with Crippen LogP contribution in [0, 0.1) is 12.3 Å². The first-order valence-electron chi connectivity index (χ1n) is 8.51. The number of benzene rings is 1. The zero-order valence-corrected chi connectivity index (χ0v) is 16.5. The van der Waals surface area contributed by atoms with Gasteiger partial charge in [-0.2, -0.15) is 4.31 Å². The minimum absolute atomic E-state index is 0.0554. The summed E-state index contributed by atoms with van der Waals surface area (Å²) < 4.78 is 32.9. The first kappa shape index (κ1) is 19.7. The van der Waals surface area contributed by atoms with Crippen LogP contribution in [0.5, 0.6) is 5.75 Å². The van der Waals surface area contributed by atoms with E-state index in [0.29, 0.717) is 38.3 Å². The van der Waals surface area contributed by atoms with Crippen LogP contribution in [0.1, 0.15) is 32.8 Å². The molecule has 0 saturated carbocycles. The third-order valence-corrected chi connectivity index (χ3v) is 6.24. The van der Waals surface area contributed by atoms with Crippen molar-refractivity contribution in [3.8, 4) is 5.75 Å². The molecule has 0 bridgehead atoms. The van der Waals surface area contributed by atoms with Crippen LogP contribution in [0.25, 0.3) is 0 Å². The van der Waals surface area contributed by atoms with Crippen LogP contribution in [0.2, 0.25) is 0 Å². The molecule has 1 aliphatic rings. The molecule has 1 aliphatic heterocycles. The molecule has 25 heavy (non-hydrogen) atoms. The third-order valence-electron chi connectivity index (χ3n) is 4.32. The van der Waals surface area contributed by atoms with Crippen molar-refractivity contribution in [2.75, 3.05) is 33.3 Å². The average Bonchev–Trinajstić information content (AvgIpc) is 2.79. The number of rotatable bonds is 3. The summed E-state index contributed by atoms with van der Waals surface area (Å²) in [7, 11) is -2.20. The van der Waals surface area contributed by atoms with Gasteiger partial charge in [0.15, 0.2) is 0 Å². The molecule has 0 spiro atoms. The summed E-state index contributed by atoms with van der Waals surface area (Å²) in [5, 5.41) is 0. The topological polar surface area (TPSA) is 66.9 Å². The first-order valence-corrected chi connectivity index (χ1v) is 9.95. The number of hydrogen-bond donors (Lipinski definition) is 0. The molecule has 7 heteroatoms. The molecule has 6 nitrogen and oxygen atoms in total. The van der Waals surface area contributed by atoms with E-state index in [1.807, 2.05) is 33.8 Å². The number of carbonyl (C=O) groups excluding carboxylic acids is 1. The molecular weight excluding hydrogens is 340 g/mol. The molecule has 140 valence electrons. The molecule has 1 aromatic rings. The minimum atomic E-state index is -3.66. The van der Waals surface area contributed by atoms with Gasteiger partial charge in [-0.1, -0.05) is 26.8 Å². The highest BCUT2D eigenvalue weighted by molar-refractivity contribution is 7.89. The van der Waals surface area contributed by atoms with E-state index in [4.69, 9.17) is 4.74 Å². The van der Waals surface area contributed by atoms with Crippen LogP contribution in [0.3, 0.4) is 0 Å². The quantitative estimate of drug-likeness (QED) is 0.821. The van der Waals surface area contributed by atoms with Crippen molar-refractivity contribution >= 4 is 15.9 Å². The second-order valence-corrected chi connectivity index (χ2v) is 9.36. The Morgan fingerprint density at radius 2 is 1.80 bits per heavy atom. The van der Waals surface area contributed by atoms with Crippen LogP contribution in [-0.2, 0) is 14.8 Å². The van der Waals surface area contributed by atoms with E-state index in [0.717, 1.165) is 5.56 Å². The van der Waals surface area contributed by atoms with Crippen LogP contribution in [0.4, 0.5) is 0 Å². The van der Waals surface area contributed by atoms with Crippen molar-refractivity contribution in [1.29, 1.82) is 0 Å². The van der Waals surface area contributed by atoms with Gasteiger partial charge in [-0.25, -0.2) is 8.42 Å². The predicted molar refractivity (Wildman–Crippen MR) is 97.1 cm³/mol. The highest BCUT2D eigenvalue weighted by Crippen LogP contribution is 2.28. The Morgan fingerprint density at radius 1 is 1.12 bits per heavy atom. The lowest BCUT2D eigenvalue weighted by atomic mass is 9.94. The summed E-state index contributed by atoms with van der Waals surface area (Å²) in [5.41, 5.74) is 0.395. The van der Waals surface area contributed by atoms with E-state index in [1.54, 1.807) is 17.0 Å². The van der Waals surface area contributed by atoms with Gasteiger partial charge in [0.1, 0.15) is 10.6 Å². The summed E-state index contributed by atoms with van der Waals surface area (Å²) in [5.74, 6) is 0.400. The molecular formula is C18H28N2O4S.